The number of nitrogens with one attached hydrogen (secondary N) is 1. The molecule has 84 valence electrons. The van der Waals surface area contributed by atoms with Gasteiger partial charge in [0.25, 0.3) is 5.91 Å². The molecule has 0 aliphatic carbocycles. The number of fused-ring (bicyclic) bond motifs is 3. The van der Waals surface area contributed by atoms with Crippen LogP contribution in [0.5, 0.6) is 0 Å². The summed E-state index contributed by atoms with van der Waals surface area (Å²) in [6.45, 7) is 0.982. The quantitative estimate of drug-likeness (QED) is 0.768. The van der Waals surface area contributed by atoms with Crippen molar-refractivity contribution in [2.75, 3.05) is 11.4 Å². The first-order valence-electron chi connectivity index (χ1n) is 4.65. The molecule has 2 heterocycles. The van der Waals surface area contributed by atoms with Crippen LogP contribution >= 0.6 is 24.0 Å². The highest BCUT2D eigenvalue weighted by Gasteiger charge is 2.29. The molecule has 0 fully saturated rings. The van der Waals surface area contributed by atoms with Crippen LogP contribution in [0.25, 0.3) is 0 Å². The summed E-state index contributed by atoms with van der Waals surface area (Å²) in [5, 5.41) is 3.80. The maximum atomic E-state index is 11.2. The van der Waals surface area contributed by atoms with E-state index in [1.807, 2.05) is 23.1 Å². The van der Waals surface area contributed by atoms with E-state index in [0.717, 1.165) is 11.3 Å². The van der Waals surface area contributed by atoms with Crippen LogP contribution in [0.4, 0.5) is 5.69 Å². The molecule has 16 heavy (non-hydrogen) atoms. The second-order valence-electron chi connectivity index (χ2n) is 3.54. The molecule has 0 spiro atoms. The fourth-order valence-electron chi connectivity index (χ4n) is 1.89. The molecule has 3 rings (SSSR count). The highest BCUT2D eigenvalue weighted by molar-refractivity contribution is 6.30. The molecule has 0 saturated carbocycles. The Kier molecular flexibility index (Phi) is 2.78. The van der Waals surface area contributed by atoms with Crippen molar-refractivity contribution in [2.45, 2.75) is 6.54 Å². The van der Waals surface area contributed by atoms with Crippen molar-refractivity contribution in [3.05, 3.63) is 28.8 Å². The van der Waals surface area contributed by atoms with Crippen LogP contribution in [0.15, 0.2) is 23.2 Å². The number of halogens is 2. The molecule has 1 aromatic carbocycles. The number of hydrogen-bond acceptors (Lipinski definition) is 3. The fraction of sp³-hybridized carbons (Fsp3) is 0.200. The highest BCUT2D eigenvalue weighted by Crippen LogP contribution is 2.28. The maximum Gasteiger partial charge on any atom is 0.268 e. The topological polar surface area (TPSA) is 44.7 Å². The Balaban J connectivity index is 0.000000963. The monoisotopic (exact) mass is 257 g/mol. The van der Waals surface area contributed by atoms with Crippen molar-refractivity contribution in [2.24, 2.45) is 4.99 Å². The maximum absolute atomic E-state index is 11.2. The SMILES string of the molecule is Cl.O=C1CN2C(=N1)NCc1cc(Cl)ccc12. The minimum absolute atomic E-state index is 0. The van der Waals surface area contributed by atoms with E-state index >= 15 is 0 Å². The van der Waals surface area contributed by atoms with Crippen LogP contribution in [0.2, 0.25) is 5.02 Å². The van der Waals surface area contributed by atoms with Gasteiger partial charge in [-0.2, -0.15) is 4.99 Å². The smallest absolute Gasteiger partial charge is 0.268 e. The lowest BCUT2D eigenvalue weighted by Crippen LogP contribution is -2.42. The van der Waals surface area contributed by atoms with Gasteiger partial charge in [-0.15, -0.1) is 12.4 Å². The van der Waals surface area contributed by atoms with Gasteiger partial charge in [0.1, 0.15) is 6.54 Å². The first-order chi connectivity index (χ1) is 7.24. The fourth-order valence-corrected chi connectivity index (χ4v) is 2.09. The second-order valence-corrected chi connectivity index (χ2v) is 3.98. The summed E-state index contributed by atoms with van der Waals surface area (Å²) >= 11 is 5.90. The summed E-state index contributed by atoms with van der Waals surface area (Å²) < 4.78 is 0. The molecular weight excluding hydrogens is 249 g/mol. The molecule has 1 amide bonds. The van der Waals surface area contributed by atoms with Crippen molar-refractivity contribution >= 4 is 41.6 Å². The first kappa shape index (κ1) is 11.2. The van der Waals surface area contributed by atoms with Crippen LogP contribution in [-0.2, 0) is 11.3 Å². The van der Waals surface area contributed by atoms with Gasteiger partial charge in [0, 0.05) is 17.3 Å². The predicted molar refractivity (Wildman–Crippen MR) is 65.3 cm³/mol. The Morgan fingerprint density at radius 3 is 3.06 bits per heavy atom. The molecule has 0 saturated heterocycles. The molecule has 1 N–H and O–H groups in total. The number of nitrogens with zero attached hydrogens (tertiary/aromatic N) is 2. The van der Waals surface area contributed by atoms with Crippen molar-refractivity contribution in [1.82, 2.24) is 5.32 Å². The Bertz CT molecular complexity index is 487. The summed E-state index contributed by atoms with van der Waals surface area (Å²) in [6.07, 6.45) is 0. The predicted octanol–water partition coefficient (Wildman–Crippen LogP) is 1.57. The van der Waals surface area contributed by atoms with Gasteiger partial charge < -0.3 is 10.2 Å². The Morgan fingerprint density at radius 2 is 2.25 bits per heavy atom. The minimum Gasteiger partial charge on any atom is -0.351 e. The van der Waals surface area contributed by atoms with Gasteiger partial charge in [-0.25, -0.2) is 0 Å². The highest BCUT2D eigenvalue weighted by atomic mass is 35.5. The van der Waals surface area contributed by atoms with Crippen LogP contribution in [0, 0.1) is 0 Å². The second kappa shape index (κ2) is 3.96. The Morgan fingerprint density at radius 1 is 1.44 bits per heavy atom. The lowest BCUT2D eigenvalue weighted by molar-refractivity contribution is -0.115. The third-order valence-electron chi connectivity index (χ3n) is 2.55. The zero-order valence-electron chi connectivity index (χ0n) is 8.24. The number of anilines is 1. The number of hydrogen-bond donors (Lipinski definition) is 1. The summed E-state index contributed by atoms with van der Waals surface area (Å²) in [5.41, 5.74) is 2.11. The summed E-state index contributed by atoms with van der Waals surface area (Å²) in [7, 11) is 0. The summed E-state index contributed by atoms with van der Waals surface area (Å²) in [6, 6.07) is 5.65. The third-order valence-corrected chi connectivity index (χ3v) is 2.78. The number of guanidine groups is 1. The number of rotatable bonds is 0. The molecular formula is C10H9Cl2N3O. The summed E-state index contributed by atoms with van der Waals surface area (Å²) in [5.74, 6) is 0.537. The molecule has 0 radical (unpaired) electrons. The standard InChI is InChI=1S/C10H8ClN3O.ClH/c11-7-1-2-8-6(3-7)4-12-10-13-9(15)5-14(8)10;/h1-3H,4-5H2,(H,12,13,15);1H. The molecule has 2 aliphatic rings. The van der Waals surface area contributed by atoms with Gasteiger partial charge in [-0.1, -0.05) is 11.6 Å². The van der Waals surface area contributed by atoms with Crippen LogP contribution in [0.1, 0.15) is 5.56 Å². The lowest BCUT2D eigenvalue weighted by atomic mass is 10.1. The van der Waals surface area contributed by atoms with Gasteiger partial charge in [0.2, 0.25) is 5.96 Å². The molecule has 6 heteroatoms. The normalized spacial score (nSPS) is 16.9. The first-order valence-corrected chi connectivity index (χ1v) is 5.03. The van der Waals surface area contributed by atoms with Gasteiger partial charge in [-0.05, 0) is 23.8 Å². The van der Waals surface area contributed by atoms with E-state index in [0.29, 0.717) is 24.1 Å². The average molecular weight is 258 g/mol. The van der Waals surface area contributed by atoms with E-state index in [2.05, 4.69) is 10.3 Å². The number of aliphatic imine (C=N–C) groups is 1. The average Bonchev–Trinajstić information content (AvgIpc) is 2.58. The van der Waals surface area contributed by atoms with Gasteiger partial charge in [-0.3, -0.25) is 4.79 Å². The van der Waals surface area contributed by atoms with E-state index in [1.165, 1.54) is 0 Å². The van der Waals surface area contributed by atoms with E-state index in [9.17, 15) is 4.79 Å². The third kappa shape index (κ3) is 1.64. The van der Waals surface area contributed by atoms with Gasteiger partial charge >= 0.3 is 0 Å². The largest absolute Gasteiger partial charge is 0.351 e. The number of benzene rings is 1. The molecule has 4 nitrogen and oxygen atoms in total. The molecule has 2 aliphatic heterocycles. The number of amides is 1. The van der Waals surface area contributed by atoms with Crippen molar-refractivity contribution in [3.8, 4) is 0 Å². The lowest BCUT2D eigenvalue weighted by Gasteiger charge is -2.28. The van der Waals surface area contributed by atoms with E-state index in [4.69, 9.17) is 11.6 Å². The number of carbonyl (C=O) groups excluding carboxylic acids is 1. The van der Waals surface area contributed by atoms with Gasteiger partial charge in [0.15, 0.2) is 0 Å². The van der Waals surface area contributed by atoms with Crippen LogP contribution < -0.4 is 10.2 Å². The van der Waals surface area contributed by atoms with Crippen LogP contribution in [-0.4, -0.2) is 18.4 Å². The Hall–Kier alpha value is -1.26. The van der Waals surface area contributed by atoms with Crippen molar-refractivity contribution in [3.63, 3.8) is 0 Å². The number of carbonyl (C=O) groups is 1. The van der Waals surface area contributed by atoms with Crippen molar-refractivity contribution < 1.29 is 4.79 Å². The molecule has 0 aromatic heterocycles. The molecule has 1 aromatic rings. The van der Waals surface area contributed by atoms with Crippen molar-refractivity contribution in [1.29, 1.82) is 0 Å². The zero-order valence-corrected chi connectivity index (χ0v) is 9.81. The van der Waals surface area contributed by atoms with E-state index in [-0.39, 0.29) is 18.3 Å². The minimum atomic E-state index is -0.111. The van der Waals surface area contributed by atoms with Crippen LogP contribution in [0.3, 0.4) is 0 Å². The van der Waals surface area contributed by atoms with Gasteiger partial charge in [0.05, 0.1) is 0 Å². The van der Waals surface area contributed by atoms with E-state index < -0.39 is 0 Å². The summed E-state index contributed by atoms with van der Waals surface area (Å²) in [4.78, 5) is 17.0. The molecule has 0 bridgehead atoms. The van der Waals surface area contributed by atoms with E-state index in [1.54, 1.807) is 0 Å². The zero-order chi connectivity index (χ0) is 10.4. The molecule has 0 unspecified atom stereocenters. The molecule has 0 atom stereocenters. The Labute approximate surface area is 104 Å².